The van der Waals surface area contributed by atoms with Crippen molar-refractivity contribution in [3.63, 3.8) is 0 Å². The number of nitro benzene ring substituents is 1. The Labute approximate surface area is 120 Å². The maximum absolute atomic E-state index is 11.0. The van der Waals surface area contributed by atoms with E-state index < -0.39 is 4.92 Å². The highest BCUT2D eigenvalue weighted by Gasteiger charge is 2.17. The average molecular weight is 293 g/mol. The van der Waals surface area contributed by atoms with Gasteiger partial charge in [0.1, 0.15) is 0 Å². The number of hydrogen-bond acceptors (Lipinski definition) is 7. The van der Waals surface area contributed by atoms with Crippen LogP contribution >= 0.6 is 0 Å². The first-order valence-corrected chi connectivity index (χ1v) is 6.46. The quantitative estimate of drug-likeness (QED) is 0.613. The summed E-state index contributed by atoms with van der Waals surface area (Å²) in [4.78, 5) is 14.5. The maximum atomic E-state index is 11.0. The van der Waals surface area contributed by atoms with Crippen LogP contribution in [0.25, 0.3) is 0 Å². The van der Waals surface area contributed by atoms with Gasteiger partial charge in [0.05, 0.1) is 11.5 Å². The van der Waals surface area contributed by atoms with E-state index >= 15 is 0 Å². The van der Waals surface area contributed by atoms with Crippen LogP contribution in [0.2, 0.25) is 0 Å². The molecule has 0 unspecified atom stereocenters. The van der Waals surface area contributed by atoms with E-state index in [9.17, 15) is 10.1 Å². The van der Waals surface area contributed by atoms with Gasteiger partial charge in [-0.3, -0.25) is 10.1 Å². The highest BCUT2D eigenvalue weighted by Crippen LogP contribution is 2.28. The van der Waals surface area contributed by atoms with Crippen LogP contribution in [0.15, 0.2) is 22.7 Å². The van der Waals surface area contributed by atoms with Crippen molar-refractivity contribution in [3.05, 3.63) is 45.6 Å². The second-order valence-corrected chi connectivity index (χ2v) is 4.36. The molecule has 21 heavy (non-hydrogen) atoms. The summed E-state index contributed by atoms with van der Waals surface area (Å²) < 4.78 is 10.4. The van der Waals surface area contributed by atoms with E-state index in [4.69, 9.17) is 14.4 Å². The number of aliphatic hydroxyl groups excluding tert-OH is 1. The summed E-state index contributed by atoms with van der Waals surface area (Å²) in [5.74, 6) is 0.944. The van der Waals surface area contributed by atoms with Gasteiger partial charge in [-0.25, -0.2) is 0 Å². The Morgan fingerprint density at radius 1 is 1.48 bits per heavy atom. The molecule has 8 heteroatoms. The zero-order valence-electron chi connectivity index (χ0n) is 11.5. The van der Waals surface area contributed by atoms with Gasteiger partial charge >= 0.3 is 5.69 Å². The predicted molar refractivity (Wildman–Crippen MR) is 71.6 cm³/mol. The number of nitro groups is 1. The minimum absolute atomic E-state index is 0.0213. The molecule has 2 rings (SSSR count). The standard InChI is InChI=1S/C13H15N3O5/c1-2-3-13-14-12(15-21-13)8-20-11-5-4-9(7-17)6-10(11)16(18)19/h4-6,17H,2-3,7-8H2,1H3. The SMILES string of the molecule is CCCc1nc(COc2ccc(CO)cc2[N+](=O)[O-])no1. The van der Waals surface area contributed by atoms with E-state index in [1.165, 1.54) is 12.1 Å². The van der Waals surface area contributed by atoms with Crippen LogP contribution in [-0.4, -0.2) is 20.2 Å². The second-order valence-electron chi connectivity index (χ2n) is 4.36. The van der Waals surface area contributed by atoms with Crippen LogP contribution in [0.3, 0.4) is 0 Å². The van der Waals surface area contributed by atoms with E-state index in [0.29, 0.717) is 23.7 Å². The predicted octanol–water partition coefficient (Wildman–Crippen LogP) is 2.00. The van der Waals surface area contributed by atoms with E-state index in [2.05, 4.69) is 10.1 Å². The molecule has 0 saturated heterocycles. The summed E-state index contributed by atoms with van der Waals surface area (Å²) in [7, 11) is 0. The van der Waals surface area contributed by atoms with Gasteiger partial charge in [-0.2, -0.15) is 4.98 Å². The number of aryl methyl sites for hydroxylation is 1. The van der Waals surface area contributed by atoms with E-state index in [1.807, 2.05) is 6.92 Å². The van der Waals surface area contributed by atoms with Crippen LogP contribution in [-0.2, 0) is 19.6 Å². The maximum Gasteiger partial charge on any atom is 0.311 e. The lowest BCUT2D eigenvalue weighted by Crippen LogP contribution is -2.01. The Balaban J connectivity index is 2.09. The smallest absolute Gasteiger partial charge is 0.311 e. The third kappa shape index (κ3) is 3.76. The molecule has 0 radical (unpaired) electrons. The summed E-state index contributed by atoms with van der Waals surface area (Å²) >= 11 is 0. The third-order valence-corrected chi connectivity index (χ3v) is 2.73. The lowest BCUT2D eigenvalue weighted by Gasteiger charge is -2.05. The van der Waals surface area contributed by atoms with E-state index in [0.717, 1.165) is 6.42 Å². The number of ether oxygens (including phenoxy) is 1. The molecule has 2 aromatic rings. The molecule has 0 amide bonds. The first-order chi connectivity index (χ1) is 10.1. The molecule has 1 aromatic carbocycles. The Bertz CT molecular complexity index is 626. The second kappa shape index (κ2) is 6.80. The van der Waals surface area contributed by atoms with Crippen molar-refractivity contribution in [2.45, 2.75) is 33.0 Å². The Kier molecular flexibility index (Phi) is 4.83. The number of aromatic nitrogens is 2. The summed E-state index contributed by atoms with van der Waals surface area (Å²) in [6.45, 7) is 1.70. The lowest BCUT2D eigenvalue weighted by atomic mass is 10.2. The van der Waals surface area contributed by atoms with Crippen molar-refractivity contribution in [2.24, 2.45) is 0 Å². The molecule has 1 aromatic heterocycles. The fourth-order valence-electron chi connectivity index (χ4n) is 1.73. The molecule has 1 heterocycles. The van der Waals surface area contributed by atoms with Gasteiger partial charge < -0.3 is 14.4 Å². The van der Waals surface area contributed by atoms with Gasteiger partial charge in [-0.1, -0.05) is 18.1 Å². The molecule has 0 aliphatic rings. The molecular weight excluding hydrogens is 278 g/mol. The molecule has 8 nitrogen and oxygen atoms in total. The minimum atomic E-state index is -0.562. The molecular formula is C13H15N3O5. The molecule has 0 atom stereocenters. The largest absolute Gasteiger partial charge is 0.478 e. The molecule has 0 aliphatic heterocycles. The summed E-state index contributed by atoms with van der Waals surface area (Å²) in [6, 6.07) is 4.27. The zero-order valence-corrected chi connectivity index (χ0v) is 11.5. The van der Waals surface area contributed by atoms with E-state index in [-0.39, 0.29) is 24.7 Å². The fourth-order valence-corrected chi connectivity index (χ4v) is 1.73. The molecule has 0 bridgehead atoms. The normalized spacial score (nSPS) is 10.6. The fraction of sp³-hybridized carbons (Fsp3) is 0.385. The van der Waals surface area contributed by atoms with Crippen LogP contribution in [0, 0.1) is 10.1 Å². The van der Waals surface area contributed by atoms with Crippen molar-refractivity contribution in [1.29, 1.82) is 0 Å². The van der Waals surface area contributed by atoms with Crippen molar-refractivity contribution in [1.82, 2.24) is 10.1 Å². The zero-order chi connectivity index (χ0) is 15.2. The van der Waals surface area contributed by atoms with Crippen molar-refractivity contribution >= 4 is 5.69 Å². The van der Waals surface area contributed by atoms with Crippen LogP contribution < -0.4 is 4.74 Å². The lowest BCUT2D eigenvalue weighted by molar-refractivity contribution is -0.386. The molecule has 0 aliphatic carbocycles. The Morgan fingerprint density at radius 3 is 2.95 bits per heavy atom. The molecule has 0 saturated carbocycles. The van der Waals surface area contributed by atoms with Gasteiger partial charge in [-0.15, -0.1) is 0 Å². The number of benzene rings is 1. The summed E-state index contributed by atoms with van der Waals surface area (Å²) in [6.07, 6.45) is 1.56. The van der Waals surface area contributed by atoms with E-state index in [1.54, 1.807) is 6.07 Å². The van der Waals surface area contributed by atoms with Gasteiger partial charge in [-0.05, 0) is 18.1 Å². The number of aliphatic hydroxyl groups is 1. The van der Waals surface area contributed by atoms with Gasteiger partial charge in [0.25, 0.3) is 0 Å². The monoisotopic (exact) mass is 293 g/mol. The average Bonchev–Trinajstić information content (AvgIpc) is 2.93. The van der Waals surface area contributed by atoms with Crippen molar-refractivity contribution < 1.29 is 19.3 Å². The first-order valence-electron chi connectivity index (χ1n) is 6.46. The van der Waals surface area contributed by atoms with Crippen LogP contribution in [0.5, 0.6) is 5.75 Å². The summed E-state index contributed by atoms with van der Waals surface area (Å²) in [5, 5.41) is 23.7. The number of rotatable bonds is 7. The first kappa shape index (κ1) is 14.9. The number of nitrogens with zero attached hydrogens (tertiary/aromatic N) is 3. The van der Waals surface area contributed by atoms with Gasteiger partial charge in [0.2, 0.25) is 11.7 Å². The molecule has 112 valence electrons. The van der Waals surface area contributed by atoms with Gasteiger partial charge in [0, 0.05) is 12.5 Å². The highest BCUT2D eigenvalue weighted by atomic mass is 16.6. The Hall–Kier alpha value is -2.48. The van der Waals surface area contributed by atoms with Crippen LogP contribution in [0.1, 0.15) is 30.6 Å². The number of hydrogen-bond donors (Lipinski definition) is 1. The highest BCUT2D eigenvalue weighted by molar-refractivity contribution is 5.48. The minimum Gasteiger partial charge on any atom is -0.478 e. The molecule has 0 spiro atoms. The van der Waals surface area contributed by atoms with Crippen molar-refractivity contribution in [2.75, 3.05) is 0 Å². The topological polar surface area (TPSA) is 112 Å². The molecule has 1 N–H and O–H groups in total. The van der Waals surface area contributed by atoms with Gasteiger partial charge in [0.15, 0.2) is 12.4 Å². The summed E-state index contributed by atoms with van der Waals surface area (Å²) in [5.41, 5.74) is 0.234. The van der Waals surface area contributed by atoms with Crippen LogP contribution in [0.4, 0.5) is 5.69 Å². The van der Waals surface area contributed by atoms with Crippen molar-refractivity contribution in [3.8, 4) is 5.75 Å². The Morgan fingerprint density at radius 2 is 2.29 bits per heavy atom. The molecule has 0 fully saturated rings. The third-order valence-electron chi connectivity index (χ3n) is 2.73.